The third-order valence-corrected chi connectivity index (χ3v) is 1.07. The Morgan fingerprint density at radius 1 is 1.78 bits per heavy atom. The maximum atomic E-state index is 9.87. The van der Waals surface area contributed by atoms with Crippen LogP contribution in [0.25, 0.3) is 0 Å². The SMILES string of the molecule is Cc1occc1NC=O. The van der Waals surface area contributed by atoms with E-state index in [0.717, 1.165) is 11.4 Å². The van der Waals surface area contributed by atoms with Gasteiger partial charge in [0.15, 0.2) is 0 Å². The number of hydrogen-bond donors (Lipinski definition) is 1. The Morgan fingerprint density at radius 2 is 2.56 bits per heavy atom. The Labute approximate surface area is 52.7 Å². The van der Waals surface area contributed by atoms with Crippen molar-refractivity contribution in [2.75, 3.05) is 5.32 Å². The van der Waals surface area contributed by atoms with Gasteiger partial charge in [0.25, 0.3) is 0 Å². The van der Waals surface area contributed by atoms with Crippen LogP contribution in [0.4, 0.5) is 5.69 Å². The number of aryl methyl sites for hydroxylation is 1. The van der Waals surface area contributed by atoms with Crippen molar-refractivity contribution in [1.82, 2.24) is 0 Å². The number of carbonyl (C=O) groups is 1. The summed E-state index contributed by atoms with van der Waals surface area (Å²) in [4.78, 5) is 9.87. The first-order valence-corrected chi connectivity index (χ1v) is 2.59. The van der Waals surface area contributed by atoms with Crippen molar-refractivity contribution in [1.29, 1.82) is 0 Å². The summed E-state index contributed by atoms with van der Waals surface area (Å²) in [6.07, 6.45) is 2.15. The normalized spacial score (nSPS) is 9.00. The lowest BCUT2D eigenvalue weighted by Crippen LogP contribution is -1.92. The average Bonchev–Trinajstić information content (AvgIpc) is 2.18. The van der Waals surface area contributed by atoms with Crippen LogP contribution in [-0.2, 0) is 4.79 Å². The standard InChI is InChI=1S/C6H7NO2/c1-5-6(7-4-8)2-3-9-5/h2-4H,1H3,(H,7,8). The molecule has 0 fully saturated rings. The van der Waals surface area contributed by atoms with E-state index in [1.54, 1.807) is 13.0 Å². The number of rotatable bonds is 2. The van der Waals surface area contributed by atoms with E-state index in [-0.39, 0.29) is 0 Å². The van der Waals surface area contributed by atoms with Crippen molar-refractivity contribution >= 4 is 12.1 Å². The molecule has 0 unspecified atom stereocenters. The van der Waals surface area contributed by atoms with Crippen LogP contribution in [0.1, 0.15) is 5.76 Å². The molecule has 1 aromatic rings. The minimum Gasteiger partial charge on any atom is -0.467 e. The summed E-state index contributed by atoms with van der Waals surface area (Å²) in [5.74, 6) is 0.724. The highest BCUT2D eigenvalue weighted by Gasteiger charge is 1.96. The van der Waals surface area contributed by atoms with E-state index in [9.17, 15) is 4.79 Å². The summed E-state index contributed by atoms with van der Waals surface area (Å²) >= 11 is 0. The van der Waals surface area contributed by atoms with Gasteiger partial charge in [-0.2, -0.15) is 0 Å². The highest BCUT2D eigenvalue weighted by Crippen LogP contribution is 2.12. The molecule has 1 heterocycles. The van der Waals surface area contributed by atoms with E-state index in [2.05, 4.69) is 5.32 Å². The van der Waals surface area contributed by atoms with Crippen molar-refractivity contribution in [3.8, 4) is 0 Å². The molecule has 0 saturated heterocycles. The molecular formula is C6H7NO2. The molecule has 1 rings (SSSR count). The molecule has 0 atom stereocenters. The Bertz CT molecular complexity index is 205. The number of hydrogen-bond acceptors (Lipinski definition) is 2. The van der Waals surface area contributed by atoms with E-state index in [1.165, 1.54) is 6.26 Å². The summed E-state index contributed by atoms with van der Waals surface area (Å²) in [5, 5.41) is 2.48. The van der Waals surface area contributed by atoms with Crippen LogP contribution in [0, 0.1) is 6.92 Å². The molecule has 1 aromatic heterocycles. The molecule has 3 heteroatoms. The van der Waals surface area contributed by atoms with Crippen LogP contribution in [0.15, 0.2) is 16.7 Å². The lowest BCUT2D eigenvalue weighted by atomic mass is 10.4. The fourth-order valence-corrected chi connectivity index (χ4v) is 0.598. The molecule has 1 amide bonds. The van der Waals surface area contributed by atoms with Gasteiger partial charge >= 0.3 is 0 Å². The van der Waals surface area contributed by atoms with Gasteiger partial charge in [0.05, 0.1) is 12.0 Å². The van der Waals surface area contributed by atoms with Crippen molar-refractivity contribution < 1.29 is 9.21 Å². The molecule has 0 aliphatic rings. The first-order valence-electron chi connectivity index (χ1n) is 2.59. The van der Waals surface area contributed by atoms with Gasteiger partial charge in [-0.05, 0) is 6.92 Å². The molecular weight excluding hydrogens is 118 g/mol. The van der Waals surface area contributed by atoms with E-state index in [1.807, 2.05) is 0 Å². The second-order valence-electron chi connectivity index (χ2n) is 1.65. The van der Waals surface area contributed by atoms with Crippen molar-refractivity contribution in [3.63, 3.8) is 0 Å². The smallest absolute Gasteiger partial charge is 0.211 e. The van der Waals surface area contributed by atoms with Crippen molar-refractivity contribution in [2.24, 2.45) is 0 Å². The summed E-state index contributed by atoms with van der Waals surface area (Å²) in [5.41, 5.74) is 0.727. The van der Waals surface area contributed by atoms with E-state index < -0.39 is 0 Å². The average molecular weight is 125 g/mol. The van der Waals surface area contributed by atoms with Gasteiger partial charge in [0.1, 0.15) is 5.76 Å². The Kier molecular flexibility index (Phi) is 1.53. The third-order valence-electron chi connectivity index (χ3n) is 1.07. The fourth-order valence-electron chi connectivity index (χ4n) is 0.598. The molecule has 0 saturated carbocycles. The van der Waals surface area contributed by atoms with Gasteiger partial charge in [-0.15, -0.1) is 0 Å². The quantitative estimate of drug-likeness (QED) is 0.602. The van der Waals surface area contributed by atoms with Crippen LogP contribution in [0.3, 0.4) is 0 Å². The maximum absolute atomic E-state index is 9.87. The van der Waals surface area contributed by atoms with Crippen LogP contribution in [-0.4, -0.2) is 6.41 Å². The van der Waals surface area contributed by atoms with Gasteiger partial charge < -0.3 is 9.73 Å². The molecule has 0 spiro atoms. The van der Waals surface area contributed by atoms with Gasteiger partial charge in [0.2, 0.25) is 6.41 Å². The zero-order valence-electron chi connectivity index (χ0n) is 5.05. The molecule has 48 valence electrons. The van der Waals surface area contributed by atoms with Gasteiger partial charge in [-0.1, -0.05) is 0 Å². The number of nitrogens with one attached hydrogen (secondary N) is 1. The summed E-state index contributed by atoms with van der Waals surface area (Å²) in [6.45, 7) is 1.78. The molecule has 9 heavy (non-hydrogen) atoms. The third kappa shape index (κ3) is 1.10. The number of amides is 1. The number of carbonyl (C=O) groups excluding carboxylic acids is 1. The highest BCUT2D eigenvalue weighted by molar-refractivity contribution is 5.71. The van der Waals surface area contributed by atoms with E-state index >= 15 is 0 Å². The topological polar surface area (TPSA) is 42.2 Å². The molecule has 0 aromatic carbocycles. The van der Waals surface area contributed by atoms with Gasteiger partial charge in [0, 0.05) is 6.07 Å². The predicted octanol–water partition coefficient (Wildman–Crippen LogP) is 1.16. The second-order valence-corrected chi connectivity index (χ2v) is 1.65. The first kappa shape index (κ1) is 5.88. The minimum absolute atomic E-state index is 0.623. The van der Waals surface area contributed by atoms with Gasteiger partial charge in [-0.25, -0.2) is 0 Å². The lowest BCUT2D eigenvalue weighted by Gasteiger charge is -1.90. The predicted molar refractivity (Wildman–Crippen MR) is 33.1 cm³/mol. The van der Waals surface area contributed by atoms with Crippen LogP contribution in [0.5, 0.6) is 0 Å². The molecule has 0 aliphatic carbocycles. The van der Waals surface area contributed by atoms with Gasteiger partial charge in [-0.3, -0.25) is 4.79 Å². The zero-order chi connectivity index (χ0) is 6.69. The highest BCUT2D eigenvalue weighted by atomic mass is 16.3. The zero-order valence-corrected chi connectivity index (χ0v) is 5.05. The second kappa shape index (κ2) is 2.35. The molecule has 1 N–H and O–H groups in total. The Balaban J connectivity index is 2.80. The fraction of sp³-hybridized carbons (Fsp3) is 0.167. The van der Waals surface area contributed by atoms with E-state index in [4.69, 9.17) is 4.42 Å². The van der Waals surface area contributed by atoms with Crippen LogP contribution >= 0.6 is 0 Å². The van der Waals surface area contributed by atoms with Crippen molar-refractivity contribution in [2.45, 2.75) is 6.92 Å². The lowest BCUT2D eigenvalue weighted by molar-refractivity contribution is -0.105. The first-order chi connectivity index (χ1) is 4.34. The summed E-state index contributed by atoms with van der Waals surface area (Å²) in [7, 11) is 0. The van der Waals surface area contributed by atoms with Crippen LogP contribution in [0.2, 0.25) is 0 Å². The summed E-state index contributed by atoms with van der Waals surface area (Å²) in [6, 6.07) is 1.70. The molecule has 3 nitrogen and oxygen atoms in total. The van der Waals surface area contributed by atoms with Crippen molar-refractivity contribution in [3.05, 3.63) is 18.1 Å². The largest absolute Gasteiger partial charge is 0.467 e. The maximum Gasteiger partial charge on any atom is 0.211 e. The summed E-state index contributed by atoms with van der Waals surface area (Å²) < 4.78 is 4.90. The monoisotopic (exact) mass is 125 g/mol. The Hall–Kier alpha value is -1.25. The molecule has 0 bridgehead atoms. The Morgan fingerprint density at radius 3 is 3.00 bits per heavy atom. The van der Waals surface area contributed by atoms with E-state index in [0.29, 0.717) is 6.41 Å². The van der Waals surface area contributed by atoms with Crippen LogP contribution < -0.4 is 5.32 Å². The minimum atomic E-state index is 0.623. The molecule has 0 aliphatic heterocycles. The molecule has 0 radical (unpaired) electrons. The number of furan rings is 1. The number of anilines is 1.